The van der Waals surface area contributed by atoms with Crippen LogP contribution in [-0.4, -0.2) is 24.8 Å². The number of para-hydroxylation sites is 2. The molecular weight excluding hydrogens is 317 g/mol. The normalized spacial score (nSPS) is 15.0. The Bertz CT molecular complexity index is 764. The van der Waals surface area contributed by atoms with Gasteiger partial charge in [-0.3, -0.25) is 0 Å². The van der Waals surface area contributed by atoms with Gasteiger partial charge in [-0.25, -0.2) is 4.39 Å². The molecule has 2 aromatic rings. The summed E-state index contributed by atoms with van der Waals surface area (Å²) in [6, 6.07) is 14.6. The fourth-order valence-electron chi connectivity index (χ4n) is 3.22. The zero-order valence-electron chi connectivity index (χ0n) is 14.1. The molecule has 0 unspecified atom stereocenters. The van der Waals surface area contributed by atoms with Gasteiger partial charge in [0.05, 0.1) is 16.9 Å². The lowest BCUT2D eigenvalue weighted by Crippen LogP contribution is -2.35. The number of aliphatic hydroxyl groups excluding tert-OH is 1. The van der Waals surface area contributed by atoms with Gasteiger partial charge in [0.2, 0.25) is 0 Å². The second-order valence-electron chi connectivity index (χ2n) is 6.41. The van der Waals surface area contributed by atoms with E-state index >= 15 is 0 Å². The van der Waals surface area contributed by atoms with Crippen molar-refractivity contribution in [1.29, 1.82) is 5.26 Å². The fraction of sp³-hybridized carbons (Fsp3) is 0.350. The zero-order chi connectivity index (χ0) is 17.6. The van der Waals surface area contributed by atoms with Gasteiger partial charge in [0.25, 0.3) is 0 Å². The lowest BCUT2D eigenvalue weighted by atomic mass is 9.97. The Morgan fingerprint density at radius 3 is 2.68 bits per heavy atom. The molecule has 0 bridgehead atoms. The largest absolute Gasteiger partial charge is 0.396 e. The first-order chi connectivity index (χ1) is 12.2. The number of hydrogen-bond acceptors (Lipinski definition) is 4. The summed E-state index contributed by atoms with van der Waals surface area (Å²) in [7, 11) is 0. The molecule has 1 saturated heterocycles. The first kappa shape index (κ1) is 17.2. The van der Waals surface area contributed by atoms with E-state index in [1.807, 2.05) is 24.3 Å². The first-order valence-corrected chi connectivity index (χ1v) is 8.58. The van der Waals surface area contributed by atoms with Gasteiger partial charge >= 0.3 is 0 Å². The van der Waals surface area contributed by atoms with Crippen molar-refractivity contribution in [3.8, 4) is 6.07 Å². The minimum Gasteiger partial charge on any atom is -0.396 e. The predicted molar refractivity (Wildman–Crippen MR) is 96.9 cm³/mol. The Morgan fingerprint density at radius 1 is 1.20 bits per heavy atom. The number of rotatable bonds is 5. The zero-order valence-corrected chi connectivity index (χ0v) is 14.1. The molecule has 4 nitrogen and oxygen atoms in total. The van der Waals surface area contributed by atoms with Gasteiger partial charge in [-0.2, -0.15) is 5.26 Å². The van der Waals surface area contributed by atoms with Crippen LogP contribution in [-0.2, 0) is 6.54 Å². The van der Waals surface area contributed by atoms with Crippen LogP contribution in [0.2, 0.25) is 0 Å². The van der Waals surface area contributed by atoms with Gasteiger partial charge in [0.15, 0.2) is 0 Å². The molecule has 1 aliphatic rings. The number of anilines is 2. The van der Waals surface area contributed by atoms with Gasteiger partial charge in [-0.05, 0) is 48.6 Å². The van der Waals surface area contributed by atoms with Crippen molar-refractivity contribution in [3.63, 3.8) is 0 Å². The van der Waals surface area contributed by atoms with E-state index in [0.29, 0.717) is 12.5 Å². The van der Waals surface area contributed by atoms with E-state index in [4.69, 9.17) is 5.26 Å². The Morgan fingerprint density at radius 2 is 1.96 bits per heavy atom. The van der Waals surface area contributed by atoms with Gasteiger partial charge in [-0.1, -0.05) is 18.2 Å². The second-order valence-corrected chi connectivity index (χ2v) is 6.41. The molecule has 0 aromatic heterocycles. The Hall–Kier alpha value is -2.58. The minimum absolute atomic E-state index is 0.0682. The topological polar surface area (TPSA) is 59.3 Å². The molecule has 0 radical (unpaired) electrons. The van der Waals surface area contributed by atoms with E-state index in [1.54, 1.807) is 12.1 Å². The van der Waals surface area contributed by atoms with Crippen LogP contribution in [0.15, 0.2) is 42.5 Å². The van der Waals surface area contributed by atoms with Crippen molar-refractivity contribution in [2.45, 2.75) is 19.4 Å². The van der Waals surface area contributed by atoms with Crippen LogP contribution in [0.4, 0.5) is 15.8 Å². The molecule has 1 fully saturated rings. The summed E-state index contributed by atoms with van der Waals surface area (Å²) in [4.78, 5) is 2.33. The maximum absolute atomic E-state index is 13.4. The molecule has 2 N–H and O–H groups in total. The van der Waals surface area contributed by atoms with Crippen LogP contribution in [0.25, 0.3) is 0 Å². The third-order valence-electron chi connectivity index (χ3n) is 4.75. The van der Waals surface area contributed by atoms with Crippen LogP contribution in [0, 0.1) is 23.1 Å². The first-order valence-electron chi connectivity index (χ1n) is 8.58. The van der Waals surface area contributed by atoms with Crippen molar-refractivity contribution in [2.24, 2.45) is 5.92 Å². The highest BCUT2D eigenvalue weighted by Crippen LogP contribution is 2.30. The summed E-state index contributed by atoms with van der Waals surface area (Å²) < 4.78 is 13.4. The maximum atomic E-state index is 13.4. The van der Waals surface area contributed by atoms with Crippen LogP contribution in [0.3, 0.4) is 0 Å². The minimum atomic E-state index is -0.488. The molecule has 25 heavy (non-hydrogen) atoms. The quantitative estimate of drug-likeness (QED) is 0.875. The van der Waals surface area contributed by atoms with Crippen molar-refractivity contribution < 1.29 is 9.50 Å². The van der Waals surface area contributed by atoms with E-state index in [2.05, 4.69) is 16.3 Å². The summed E-state index contributed by atoms with van der Waals surface area (Å²) in [5, 5.41) is 21.6. The molecule has 0 amide bonds. The van der Waals surface area contributed by atoms with Crippen molar-refractivity contribution in [3.05, 3.63) is 59.4 Å². The molecule has 0 aliphatic carbocycles. The molecule has 5 heteroatoms. The molecule has 1 heterocycles. The number of nitriles is 1. The summed E-state index contributed by atoms with van der Waals surface area (Å²) in [5.41, 5.74) is 3.10. The molecule has 3 rings (SSSR count). The summed E-state index contributed by atoms with van der Waals surface area (Å²) in [6.45, 7) is 2.65. The number of benzene rings is 2. The van der Waals surface area contributed by atoms with Crippen LogP contribution in [0.5, 0.6) is 0 Å². The molecule has 0 saturated carbocycles. The molecular formula is C20H22FN3O. The summed E-state index contributed by atoms with van der Waals surface area (Å²) >= 11 is 0. The average Bonchev–Trinajstić information content (AvgIpc) is 2.67. The number of piperidine rings is 1. The highest BCUT2D eigenvalue weighted by Gasteiger charge is 2.20. The number of nitrogens with zero attached hydrogens (tertiary/aromatic N) is 2. The van der Waals surface area contributed by atoms with Crippen molar-refractivity contribution in [1.82, 2.24) is 0 Å². The predicted octanol–water partition coefficient (Wildman–Crippen LogP) is 3.52. The Balaban J connectivity index is 1.70. The molecule has 0 spiro atoms. The second kappa shape index (κ2) is 8.00. The van der Waals surface area contributed by atoms with E-state index in [1.165, 1.54) is 6.07 Å². The van der Waals surface area contributed by atoms with Crippen molar-refractivity contribution in [2.75, 3.05) is 29.9 Å². The van der Waals surface area contributed by atoms with Crippen LogP contribution >= 0.6 is 0 Å². The van der Waals surface area contributed by atoms with E-state index in [0.717, 1.165) is 42.9 Å². The highest BCUT2D eigenvalue weighted by molar-refractivity contribution is 5.70. The monoisotopic (exact) mass is 339 g/mol. The lowest BCUT2D eigenvalue weighted by molar-refractivity contribution is 0.203. The third-order valence-corrected chi connectivity index (χ3v) is 4.75. The molecule has 1 aliphatic heterocycles. The molecule has 0 atom stereocenters. The average molecular weight is 339 g/mol. The van der Waals surface area contributed by atoms with Crippen LogP contribution in [0.1, 0.15) is 24.0 Å². The Kier molecular flexibility index (Phi) is 5.52. The van der Waals surface area contributed by atoms with Gasteiger partial charge in [0.1, 0.15) is 11.9 Å². The van der Waals surface area contributed by atoms with Gasteiger partial charge in [-0.15, -0.1) is 0 Å². The summed E-state index contributed by atoms with van der Waals surface area (Å²) in [6.07, 6.45) is 1.99. The summed E-state index contributed by atoms with van der Waals surface area (Å²) in [5.74, 6) is -0.0848. The van der Waals surface area contributed by atoms with E-state index in [9.17, 15) is 9.50 Å². The van der Waals surface area contributed by atoms with E-state index in [-0.39, 0.29) is 12.2 Å². The number of nitrogens with one attached hydrogen (secondary N) is 1. The fourth-order valence-corrected chi connectivity index (χ4v) is 3.22. The van der Waals surface area contributed by atoms with Crippen molar-refractivity contribution >= 4 is 11.4 Å². The lowest BCUT2D eigenvalue weighted by Gasteiger charge is -2.34. The number of hydrogen-bond donors (Lipinski definition) is 2. The Labute approximate surface area is 147 Å². The van der Waals surface area contributed by atoms with Crippen LogP contribution < -0.4 is 10.2 Å². The van der Waals surface area contributed by atoms with Gasteiger partial charge < -0.3 is 15.3 Å². The van der Waals surface area contributed by atoms with E-state index < -0.39 is 5.82 Å². The SMILES string of the molecule is N#Cc1cc(CNc2ccccc2N2CCC(CO)CC2)ccc1F. The number of aliphatic hydroxyl groups is 1. The standard InChI is InChI=1S/C20H22FN3O/c21-18-6-5-16(11-17(18)12-22)13-23-19-3-1-2-4-20(19)24-9-7-15(14-25)8-10-24/h1-6,11,15,23,25H,7-10,13-14H2. The third kappa shape index (κ3) is 4.09. The van der Waals surface area contributed by atoms with Gasteiger partial charge in [0, 0.05) is 26.2 Å². The number of halogens is 1. The molecule has 130 valence electrons. The highest BCUT2D eigenvalue weighted by atomic mass is 19.1. The smallest absolute Gasteiger partial charge is 0.140 e. The molecule has 2 aromatic carbocycles. The maximum Gasteiger partial charge on any atom is 0.140 e.